The SMILES string of the molecule is CCCCCCCCCCCc1c(O)c(O)cc2nc3cc(C(=O)N[C@H](C(=O)O)C(C)C)ccc3nc12. The Morgan fingerprint density at radius 1 is 0.865 bits per heavy atom. The van der Waals surface area contributed by atoms with Gasteiger partial charge in [-0.25, -0.2) is 14.8 Å². The molecule has 0 saturated carbocycles. The van der Waals surface area contributed by atoms with E-state index in [4.69, 9.17) is 4.98 Å². The van der Waals surface area contributed by atoms with Gasteiger partial charge in [-0.15, -0.1) is 0 Å². The summed E-state index contributed by atoms with van der Waals surface area (Å²) in [7, 11) is 0. The number of hydrogen-bond donors (Lipinski definition) is 4. The van der Waals surface area contributed by atoms with Gasteiger partial charge >= 0.3 is 5.97 Å². The Balaban J connectivity index is 1.76. The molecule has 200 valence electrons. The van der Waals surface area contributed by atoms with E-state index in [1.807, 2.05) is 0 Å². The number of carbonyl (C=O) groups is 2. The number of benzene rings is 2. The van der Waals surface area contributed by atoms with Crippen LogP contribution < -0.4 is 5.32 Å². The third-order valence-electron chi connectivity index (χ3n) is 6.79. The Morgan fingerprint density at radius 2 is 1.51 bits per heavy atom. The van der Waals surface area contributed by atoms with Crippen molar-refractivity contribution in [3.05, 3.63) is 35.4 Å². The van der Waals surface area contributed by atoms with E-state index >= 15 is 0 Å². The Hall–Kier alpha value is -3.42. The summed E-state index contributed by atoms with van der Waals surface area (Å²) in [4.78, 5) is 33.4. The molecule has 37 heavy (non-hydrogen) atoms. The molecule has 0 radical (unpaired) electrons. The molecule has 0 unspecified atom stereocenters. The van der Waals surface area contributed by atoms with Crippen LogP contribution in [0.15, 0.2) is 24.3 Å². The van der Waals surface area contributed by atoms with Gasteiger partial charge in [0.25, 0.3) is 5.91 Å². The summed E-state index contributed by atoms with van der Waals surface area (Å²) in [6.45, 7) is 5.67. The highest BCUT2D eigenvalue weighted by molar-refractivity contribution is 6.00. The van der Waals surface area contributed by atoms with Gasteiger partial charge in [0, 0.05) is 17.2 Å². The number of nitrogens with zero attached hydrogens (tertiary/aromatic N) is 2. The van der Waals surface area contributed by atoms with Gasteiger partial charge in [-0.2, -0.15) is 0 Å². The lowest BCUT2D eigenvalue weighted by Gasteiger charge is -2.18. The molecular weight excluding hydrogens is 470 g/mol. The zero-order valence-electron chi connectivity index (χ0n) is 22.1. The molecule has 2 aromatic carbocycles. The second-order valence-corrected chi connectivity index (χ2v) is 10.1. The lowest BCUT2D eigenvalue weighted by molar-refractivity contribution is -0.140. The van der Waals surface area contributed by atoms with Crippen LogP contribution in [0.4, 0.5) is 0 Å². The van der Waals surface area contributed by atoms with Crippen molar-refractivity contribution < 1.29 is 24.9 Å². The molecule has 1 aromatic heterocycles. The first-order valence-corrected chi connectivity index (χ1v) is 13.4. The van der Waals surface area contributed by atoms with Gasteiger partial charge < -0.3 is 20.6 Å². The van der Waals surface area contributed by atoms with Crippen molar-refractivity contribution >= 4 is 33.9 Å². The number of amides is 1. The second-order valence-electron chi connectivity index (χ2n) is 10.1. The summed E-state index contributed by atoms with van der Waals surface area (Å²) >= 11 is 0. The molecule has 3 rings (SSSR count). The van der Waals surface area contributed by atoms with Crippen LogP contribution >= 0.6 is 0 Å². The Bertz CT molecular complexity index is 1240. The summed E-state index contributed by atoms with van der Waals surface area (Å²) in [5.74, 6) is -2.29. The summed E-state index contributed by atoms with van der Waals surface area (Å²) in [6.07, 6.45) is 11.3. The molecule has 3 aromatic rings. The van der Waals surface area contributed by atoms with Crippen molar-refractivity contribution in [3.8, 4) is 11.5 Å². The van der Waals surface area contributed by atoms with Crippen LogP contribution in [0.1, 0.15) is 94.5 Å². The van der Waals surface area contributed by atoms with Gasteiger partial charge in [0.2, 0.25) is 0 Å². The standard InChI is InChI=1S/C29H39N3O5/c1-4-5-6-7-8-9-10-11-12-13-20-26-23(17-24(33)27(20)34)30-22-16-19(14-15-21(22)31-26)28(35)32-25(18(2)3)29(36)37/h14-18,25,33-34H,4-13H2,1-3H3,(H,32,35)(H,36,37)/t25-/m0/s1. The predicted molar refractivity (Wildman–Crippen MR) is 145 cm³/mol. The molecule has 8 nitrogen and oxygen atoms in total. The van der Waals surface area contributed by atoms with E-state index in [-0.39, 0.29) is 23.0 Å². The molecule has 0 fully saturated rings. The summed E-state index contributed by atoms with van der Waals surface area (Å²) in [5.41, 5.74) is 2.79. The highest BCUT2D eigenvalue weighted by atomic mass is 16.4. The molecule has 1 atom stereocenters. The number of aromatic nitrogens is 2. The minimum Gasteiger partial charge on any atom is -0.504 e. The number of aliphatic carboxylic acids is 1. The summed E-state index contributed by atoms with van der Waals surface area (Å²) in [6, 6.07) is 5.17. The van der Waals surface area contributed by atoms with Crippen LogP contribution in [0.25, 0.3) is 22.1 Å². The lowest BCUT2D eigenvalue weighted by Crippen LogP contribution is -2.44. The minimum atomic E-state index is -1.09. The van der Waals surface area contributed by atoms with Crippen molar-refractivity contribution in [2.24, 2.45) is 5.92 Å². The molecule has 0 aliphatic carbocycles. The maximum atomic E-state index is 12.7. The lowest BCUT2D eigenvalue weighted by atomic mass is 10.0. The van der Waals surface area contributed by atoms with E-state index in [9.17, 15) is 24.9 Å². The van der Waals surface area contributed by atoms with E-state index in [0.29, 0.717) is 34.1 Å². The largest absolute Gasteiger partial charge is 0.504 e. The predicted octanol–water partition coefficient (Wildman–Crippen LogP) is 6.11. The maximum Gasteiger partial charge on any atom is 0.326 e. The highest BCUT2D eigenvalue weighted by Gasteiger charge is 2.24. The Morgan fingerprint density at radius 3 is 2.14 bits per heavy atom. The monoisotopic (exact) mass is 509 g/mol. The number of carboxylic acids is 1. The zero-order chi connectivity index (χ0) is 26.9. The van der Waals surface area contributed by atoms with Gasteiger partial charge in [-0.1, -0.05) is 72.1 Å². The van der Waals surface area contributed by atoms with Gasteiger partial charge in [-0.3, -0.25) is 4.79 Å². The molecule has 1 heterocycles. The third kappa shape index (κ3) is 7.31. The third-order valence-corrected chi connectivity index (χ3v) is 6.79. The number of phenolic OH excluding ortho intramolecular Hbond substituents is 2. The first kappa shape index (κ1) is 28.2. The van der Waals surface area contributed by atoms with E-state index in [1.54, 1.807) is 32.0 Å². The molecule has 0 aliphatic heterocycles. The molecule has 0 saturated heterocycles. The molecule has 0 spiro atoms. The minimum absolute atomic E-state index is 0.162. The number of unbranched alkanes of at least 4 members (excludes halogenated alkanes) is 8. The van der Waals surface area contributed by atoms with E-state index in [1.165, 1.54) is 44.6 Å². The second kappa shape index (κ2) is 13.2. The van der Waals surface area contributed by atoms with Crippen LogP contribution in [0.2, 0.25) is 0 Å². The number of carboxylic acid groups (broad SMARTS) is 1. The van der Waals surface area contributed by atoms with E-state index < -0.39 is 17.9 Å². The smallest absolute Gasteiger partial charge is 0.326 e. The van der Waals surface area contributed by atoms with Gasteiger partial charge in [0.15, 0.2) is 11.5 Å². The topological polar surface area (TPSA) is 133 Å². The van der Waals surface area contributed by atoms with Crippen LogP contribution in [-0.2, 0) is 11.2 Å². The average molecular weight is 510 g/mol. The molecular formula is C29H39N3O5. The number of nitrogens with one attached hydrogen (secondary N) is 1. The van der Waals surface area contributed by atoms with Gasteiger partial charge in [0.05, 0.1) is 22.1 Å². The van der Waals surface area contributed by atoms with Gasteiger partial charge in [-0.05, 0) is 37.0 Å². The average Bonchev–Trinajstić information content (AvgIpc) is 2.86. The number of hydrogen-bond acceptors (Lipinski definition) is 6. The van der Waals surface area contributed by atoms with Crippen molar-refractivity contribution in [2.75, 3.05) is 0 Å². The molecule has 8 heteroatoms. The Labute approximate surface area is 218 Å². The van der Waals surface area contributed by atoms with Crippen molar-refractivity contribution in [2.45, 2.75) is 91.0 Å². The van der Waals surface area contributed by atoms with E-state index in [2.05, 4.69) is 17.2 Å². The van der Waals surface area contributed by atoms with Crippen molar-refractivity contribution in [3.63, 3.8) is 0 Å². The first-order chi connectivity index (χ1) is 17.7. The summed E-state index contributed by atoms with van der Waals surface area (Å²) < 4.78 is 0. The number of carbonyl (C=O) groups excluding carboxylic acids is 1. The van der Waals surface area contributed by atoms with Crippen LogP contribution in [0.5, 0.6) is 11.5 Å². The number of rotatable bonds is 14. The van der Waals surface area contributed by atoms with E-state index in [0.717, 1.165) is 19.3 Å². The quantitative estimate of drug-likeness (QED) is 0.117. The fraction of sp³-hybridized carbons (Fsp3) is 0.517. The number of aromatic hydroxyl groups is 2. The number of aryl methyl sites for hydroxylation is 1. The van der Waals surface area contributed by atoms with Crippen LogP contribution in [0.3, 0.4) is 0 Å². The van der Waals surface area contributed by atoms with Crippen LogP contribution in [0, 0.1) is 5.92 Å². The zero-order valence-corrected chi connectivity index (χ0v) is 22.1. The maximum absolute atomic E-state index is 12.7. The molecule has 0 bridgehead atoms. The summed E-state index contributed by atoms with van der Waals surface area (Å²) in [5, 5.41) is 32.8. The van der Waals surface area contributed by atoms with Gasteiger partial charge in [0.1, 0.15) is 6.04 Å². The molecule has 0 aliphatic rings. The molecule has 1 amide bonds. The fourth-order valence-electron chi connectivity index (χ4n) is 4.58. The van der Waals surface area contributed by atoms with Crippen LogP contribution in [-0.4, -0.2) is 43.2 Å². The van der Waals surface area contributed by atoms with Crippen molar-refractivity contribution in [1.29, 1.82) is 0 Å². The fourth-order valence-corrected chi connectivity index (χ4v) is 4.58. The molecule has 4 N–H and O–H groups in total. The number of fused-ring (bicyclic) bond motifs is 2. The normalized spacial score (nSPS) is 12.3. The van der Waals surface area contributed by atoms with Crippen molar-refractivity contribution in [1.82, 2.24) is 15.3 Å². The highest BCUT2D eigenvalue weighted by Crippen LogP contribution is 2.36. The Kier molecular flexibility index (Phi) is 10.1. The number of phenols is 2. The first-order valence-electron chi connectivity index (χ1n) is 13.4.